The van der Waals surface area contributed by atoms with Crippen molar-refractivity contribution in [2.75, 3.05) is 5.32 Å². The number of nitrogens with zero attached hydrogens (tertiary/aromatic N) is 2. The summed E-state index contributed by atoms with van der Waals surface area (Å²) >= 11 is 18.7. The van der Waals surface area contributed by atoms with Crippen LogP contribution in [-0.4, -0.2) is 15.7 Å². The second-order valence-corrected chi connectivity index (χ2v) is 8.57. The number of anilines is 1. The standard InChI is InChI=1S/C25H20Cl3N3O/c1-2-20(16-6-4-3-5-7-16)25(32)29-24-15-22(17-8-10-18(26)11-9-17)30-31(24)23-14-19(27)12-13-21(23)28/h3-15,20H,2H2,1H3,(H,29,32). The summed E-state index contributed by atoms with van der Waals surface area (Å²) < 4.78 is 1.60. The van der Waals surface area contributed by atoms with Crippen molar-refractivity contribution < 1.29 is 4.79 Å². The first-order valence-corrected chi connectivity index (χ1v) is 11.3. The second kappa shape index (κ2) is 9.78. The van der Waals surface area contributed by atoms with Crippen LogP contribution < -0.4 is 5.32 Å². The lowest BCUT2D eigenvalue weighted by molar-refractivity contribution is -0.117. The number of rotatable bonds is 6. The fraction of sp³-hybridized carbons (Fsp3) is 0.120. The van der Waals surface area contributed by atoms with Crippen molar-refractivity contribution in [3.05, 3.63) is 99.5 Å². The van der Waals surface area contributed by atoms with Crippen LogP contribution in [0.2, 0.25) is 15.1 Å². The van der Waals surface area contributed by atoms with Crippen molar-refractivity contribution >= 4 is 46.5 Å². The zero-order valence-electron chi connectivity index (χ0n) is 17.2. The first kappa shape index (κ1) is 22.4. The Morgan fingerprint density at radius 2 is 1.62 bits per heavy atom. The van der Waals surface area contributed by atoms with E-state index in [1.807, 2.05) is 55.5 Å². The lowest BCUT2D eigenvalue weighted by Gasteiger charge is -2.16. The van der Waals surface area contributed by atoms with Crippen molar-refractivity contribution in [2.45, 2.75) is 19.3 Å². The van der Waals surface area contributed by atoms with Gasteiger partial charge >= 0.3 is 0 Å². The van der Waals surface area contributed by atoms with Crippen LogP contribution in [-0.2, 0) is 4.79 Å². The quantitative estimate of drug-likeness (QED) is 0.306. The van der Waals surface area contributed by atoms with E-state index in [1.54, 1.807) is 35.0 Å². The van der Waals surface area contributed by atoms with Crippen LogP contribution in [0.1, 0.15) is 24.8 Å². The molecule has 32 heavy (non-hydrogen) atoms. The van der Waals surface area contributed by atoms with E-state index in [9.17, 15) is 4.79 Å². The number of carbonyl (C=O) groups is 1. The zero-order valence-corrected chi connectivity index (χ0v) is 19.5. The Balaban J connectivity index is 1.76. The van der Waals surface area contributed by atoms with Gasteiger partial charge in [-0.1, -0.05) is 84.2 Å². The van der Waals surface area contributed by atoms with Crippen molar-refractivity contribution in [3.63, 3.8) is 0 Å². The highest BCUT2D eigenvalue weighted by atomic mass is 35.5. The fourth-order valence-corrected chi connectivity index (χ4v) is 4.02. The number of hydrogen-bond donors (Lipinski definition) is 1. The first-order valence-electron chi connectivity index (χ1n) is 10.1. The van der Waals surface area contributed by atoms with Crippen LogP contribution in [0.3, 0.4) is 0 Å². The number of benzene rings is 3. The lowest BCUT2D eigenvalue weighted by atomic mass is 9.96. The molecule has 4 nitrogen and oxygen atoms in total. The summed E-state index contributed by atoms with van der Waals surface area (Å²) in [5.74, 6) is 0.0764. The zero-order chi connectivity index (χ0) is 22.7. The molecule has 0 aliphatic heterocycles. The van der Waals surface area contributed by atoms with E-state index in [1.165, 1.54) is 0 Å². The number of halogens is 3. The van der Waals surface area contributed by atoms with Gasteiger partial charge in [0.25, 0.3) is 0 Å². The van der Waals surface area contributed by atoms with Crippen LogP contribution in [0, 0.1) is 0 Å². The van der Waals surface area contributed by atoms with E-state index in [0.29, 0.717) is 38.7 Å². The Hall–Kier alpha value is -2.79. The predicted molar refractivity (Wildman–Crippen MR) is 132 cm³/mol. The van der Waals surface area contributed by atoms with Crippen molar-refractivity contribution in [2.24, 2.45) is 0 Å². The Labute approximate surface area is 201 Å². The molecule has 0 bridgehead atoms. The molecule has 0 fully saturated rings. The monoisotopic (exact) mass is 483 g/mol. The predicted octanol–water partition coefficient (Wildman–Crippen LogP) is 7.63. The van der Waals surface area contributed by atoms with Crippen LogP contribution in [0.5, 0.6) is 0 Å². The number of nitrogens with one attached hydrogen (secondary N) is 1. The molecule has 162 valence electrons. The summed E-state index contributed by atoms with van der Waals surface area (Å²) in [5, 5.41) is 9.36. The highest BCUT2D eigenvalue weighted by molar-refractivity contribution is 6.34. The topological polar surface area (TPSA) is 46.9 Å². The summed E-state index contributed by atoms with van der Waals surface area (Å²) in [7, 11) is 0. The Kier molecular flexibility index (Phi) is 6.85. The van der Waals surface area contributed by atoms with E-state index < -0.39 is 0 Å². The molecule has 7 heteroatoms. The minimum absolute atomic E-state index is 0.124. The van der Waals surface area contributed by atoms with Crippen molar-refractivity contribution in [1.29, 1.82) is 0 Å². The van der Waals surface area contributed by atoms with Crippen molar-refractivity contribution in [1.82, 2.24) is 9.78 Å². The molecule has 0 spiro atoms. The first-order chi connectivity index (χ1) is 15.5. The van der Waals surface area contributed by atoms with Crippen molar-refractivity contribution in [3.8, 4) is 16.9 Å². The summed E-state index contributed by atoms with van der Waals surface area (Å²) in [6.45, 7) is 1.99. The molecule has 4 rings (SSSR count). The normalized spacial score (nSPS) is 11.9. The highest BCUT2D eigenvalue weighted by Crippen LogP contribution is 2.31. The number of hydrogen-bond acceptors (Lipinski definition) is 2. The maximum absolute atomic E-state index is 13.2. The molecule has 0 aliphatic carbocycles. The van der Waals surface area contributed by atoms with Crippen LogP contribution in [0.4, 0.5) is 5.82 Å². The Bertz CT molecular complexity index is 1240. The molecule has 0 radical (unpaired) electrons. The lowest BCUT2D eigenvalue weighted by Crippen LogP contribution is -2.22. The molecule has 1 atom stereocenters. The molecule has 3 aromatic carbocycles. The van der Waals surface area contributed by atoms with E-state index in [0.717, 1.165) is 11.1 Å². The summed E-state index contributed by atoms with van der Waals surface area (Å²) in [6.07, 6.45) is 0.659. The number of carbonyl (C=O) groups excluding carboxylic acids is 1. The van der Waals surface area contributed by atoms with Gasteiger partial charge in [0, 0.05) is 21.7 Å². The fourth-order valence-electron chi connectivity index (χ4n) is 3.53. The summed E-state index contributed by atoms with van der Waals surface area (Å²) in [5.41, 5.74) is 3.05. The molecule has 0 aliphatic rings. The summed E-state index contributed by atoms with van der Waals surface area (Å²) in [4.78, 5) is 13.2. The van der Waals surface area contributed by atoms with Gasteiger partial charge in [0.2, 0.25) is 5.91 Å². The van der Waals surface area contributed by atoms with E-state index in [-0.39, 0.29) is 11.8 Å². The van der Waals surface area contributed by atoms with Gasteiger partial charge in [0.1, 0.15) is 5.82 Å². The van der Waals surface area contributed by atoms with E-state index >= 15 is 0 Å². The maximum Gasteiger partial charge on any atom is 0.233 e. The highest BCUT2D eigenvalue weighted by Gasteiger charge is 2.22. The molecule has 0 saturated carbocycles. The van der Waals surface area contributed by atoms with Crippen LogP contribution >= 0.6 is 34.8 Å². The van der Waals surface area contributed by atoms with Gasteiger partial charge in [0.05, 0.1) is 22.3 Å². The smallest absolute Gasteiger partial charge is 0.233 e. The third-order valence-electron chi connectivity index (χ3n) is 5.16. The molecule has 0 saturated heterocycles. The third kappa shape index (κ3) is 4.83. The average Bonchev–Trinajstić information content (AvgIpc) is 3.20. The average molecular weight is 485 g/mol. The van der Waals surface area contributed by atoms with Gasteiger partial charge in [0.15, 0.2) is 0 Å². The Morgan fingerprint density at radius 3 is 2.31 bits per heavy atom. The third-order valence-corrected chi connectivity index (χ3v) is 5.97. The molecule has 1 unspecified atom stereocenters. The molecule has 1 heterocycles. The summed E-state index contributed by atoms with van der Waals surface area (Å²) in [6, 6.07) is 24.0. The number of aromatic nitrogens is 2. The maximum atomic E-state index is 13.2. The van der Waals surface area contributed by atoms with Gasteiger partial charge < -0.3 is 5.32 Å². The van der Waals surface area contributed by atoms with Gasteiger partial charge in [-0.25, -0.2) is 4.68 Å². The van der Waals surface area contributed by atoms with E-state index in [4.69, 9.17) is 39.9 Å². The Morgan fingerprint density at radius 1 is 0.938 bits per heavy atom. The van der Waals surface area contributed by atoms with Gasteiger partial charge in [-0.2, -0.15) is 5.10 Å². The van der Waals surface area contributed by atoms with Crippen LogP contribution in [0.15, 0.2) is 78.9 Å². The second-order valence-electron chi connectivity index (χ2n) is 7.29. The SMILES string of the molecule is CCC(C(=O)Nc1cc(-c2ccc(Cl)cc2)nn1-c1cc(Cl)ccc1Cl)c1ccccc1. The minimum atomic E-state index is -0.298. The van der Waals surface area contributed by atoms with Gasteiger partial charge in [-0.15, -0.1) is 0 Å². The van der Waals surface area contributed by atoms with E-state index in [2.05, 4.69) is 5.32 Å². The largest absolute Gasteiger partial charge is 0.310 e. The van der Waals surface area contributed by atoms with Crippen LogP contribution in [0.25, 0.3) is 16.9 Å². The molecule has 4 aromatic rings. The molecule has 1 N–H and O–H groups in total. The number of amides is 1. The molecule has 1 aromatic heterocycles. The van der Waals surface area contributed by atoms with Gasteiger partial charge in [-0.3, -0.25) is 4.79 Å². The molecular weight excluding hydrogens is 465 g/mol. The van der Waals surface area contributed by atoms with Gasteiger partial charge in [-0.05, 0) is 42.3 Å². The molecule has 1 amide bonds. The minimum Gasteiger partial charge on any atom is -0.310 e. The molecular formula is C25H20Cl3N3O.